The SMILES string of the molecule is CSc1ccc([C@H]2C(=O)N3CCC[C@@H]3c3cc(Br)ccc32)cc1. The molecule has 1 fully saturated rings. The first kappa shape index (κ1) is 15.3. The van der Waals surface area contributed by atoms with Gasteiger partial charge in [0.2, 0.25) is 5.91 Å². The van der Waals surface area contributed by atoms with Gasteiger partial charge in [-0.1, -0.05) is 34.1 Å². The van der Waals surface area contributed by atoms with Gasteiger partial charge >= 0.3 is 0 Å². The molecule has 0 aromatic heterocycles. The van der Waals surface area contributed by atoms with Crippen LogP contribution in [-0.4, -0.2) is 23.6 Å². The topological polar surface area (TPSA) is 20.3 Å². The van der Waals surface area contributed by atoms with Crippen molar-refractivity contribution in [1.82, 2.24) is 4.90 Å². The zero-order valence-corrected chi connectivity index (χ0v) is 15.4. The third-order valence-corrected chi connectivity index (χ3v) is 6.19. The van der Waals surface area contributed by atoms with E-state index in [9.17, 15) is 4.79 Å². The number of carbonyl (C=O) groups excluding carboxylic acids is 1. The van der Waals surface area contributed by atoms with Crippen LogP contribution in [0.1, 0.15) is 41.5 Å². The molecule has 2 aromatic rings. The van der Waals surface area contributed by atoms with Gasteiger partial charge in [0.05, 0.1) is 12.0 Å². The van der Waals surface area contributed by atoms with Crippen LogP contribution in [0.3, 0.4) is 0 Å². The molecule has 2 aliphatic heterocycles. The third-order valence-electron chi connectivity index (χ3n) is 4.95. The Balaban J connectivity index is 1.85. The Morgan fingerprint density at radius 1 is 1.13 bits per heavy atom. The number of hydrogen-bond acceptors (Lipinski definition) is 2. The monoisotopic (exact) mass is 387 g/mol. The molecule has 2 atom stereocenters. The number of carbonyl (C=O) groups is 1. The molecule has 23 heavy (non-hydrogen) atoms. The zero-order chi connectivity index (χ0) is 16.0. The standard InChI is InChI=1S/C19H18BrNOS/c1-23-14-7-4-12(5-8-14)18-15-9-6-13(20)11-16(15)17-3-2-10-21(17)19(18)22/h4-9,11,17-18H,2-3,10H2,1H3/t17-,18-/m1/s1. The molecule has 2 nitrogen and oxygen atoms in total. The number of rotatable bonds is 2. The normalized spacial score (nSPS) is 22.9. The van der Waals surface area contributed by atoms with Crippen LogP contribution in [0.4, 0.5) is 0 Å². The van der Waals surface area contributed by atoms with E-state index in [1.54, 1.807) is 11.8 Å². The van der Waals surface area contributed by atoms with Crippen molar-refractivity contribution < 1.29 is 4.79 Å². The number of nitrogens with zero attached hydrogens (tertiary/aromatic N) is 1. The van der Waals surface area contributed by atoms with Crippen molar-refractivity contribution >= 4 is 33.6 Å². The molecule has 4 heteroatoms. The summed E-state index contributed by atoms with van der Waals surface area (Å²) in [6.45, 7) is 0.884. The molecule has 0 N–H and O–H groups in total. The van der Waals surface area contributed by atoms with Gasteiger partial charge in [-0.15, -0.1) is 11.8 Å². The lowest BCUT2D eigenvalue weighted by Crippen LogP contribution is -2.40. The highest BCUT2D eigenvalue weighted by molar-refractivity contribution is 9.10. The minimum Gasteiger partial charge on any atom is -0.335 e. The van der Waals surface area contributed by atoms with Crippen LogP contribution in [-0.2, 0) is 4.79 Å². The molecule has 1 saturated heterocycles. The predicted octanol–water partition coefficient (Wildman–Crippen LogP) is 4.98. The first-order valence-corrected chi connectivity index (χ1v) is 9.94. The summed E-state index contributed by atoms with van der Waals surface area (Å²) in [6.07, 6.45) is 4.25. The summed E-state index contributed by atoms with van der Waals surface area (Å²) < 4.78 is 1.09. The summed E-state index contributed by atoms with van der Waals surface area (Å²) in [5, 5.41) is 0. The van der Waals surface area contributed by atoms with E-state index in [0.717, 1.165) is 29.4 Å². The quantitative estimate of drug-likeness (QED) is 0.677. The molecule has 0 saturated carbocycles. The third kappa shape index (κ3) is 2.52. The van der Waals surface area contributed by atoms with E-state index in [4.69, 9.17) is 0 Å². The van der Waals surface area contributed by atoms with E-state index in [1.165, 1.54) is 16.0 Å². The van der Waals surface area contributed by atoms with Crippen LogP contribution < -0.4 is 0 Å². The lowest BCUT2D eigenvalue weighted by atomic mass is 9.81. The molecule has 0 spiro atoms. The summed E-state index contributed by atoms with van der Waals surface area (Å²) in [6, 6.07) is 15.1. The van der Waals surface area contributed by atoms with Crippen LogP contribution in [0.15, 0.2) is 51.8 Å². The van der Waals surface area contributed by atoms with Gasteiger partial charge in [-0.3, -0.25) is 4.79 Å². The van der Waals surface area contributed by atoms with Crippen molar-refractivity contribution in [3.63, 3.8) is 0 Å². The maximum absolute atomic E-state index is 13.1. The van der Waals surface area contributed by atoms with Gasteiger partial charge in [-0.05, 0) is 60.1 Å². The molecule has 0 unspecified atom stereocenters. The lowest BCUT2D eigenvalue weighted by Gasteiger charge is -2.37. The summed E-state index contributed by atoms with van der Waals surface area (Å²) in [5.41, 5.74) is 3.59. The van der Waals surface area contributed by atoms with Gasteiger partial charge in [-0.25, -0.2) is 0 Å². The lowest BCUT2D eigenvalue weighted by molar-refractivity contribution is -0.133. The molecule has 0 radical (unpaired) electrons. The molecule has 1 amide bonds. The Morgan fingerprint density at radius 3 is 2.65 bits per heavy atom. The van der Waals surface area contributed by atoms with Gasteiger partial charge < -0.3 is 4.90 Å². The first-order chi connectivity index (χ1) is 11.2. The Hall–Kier alpha value is -1.26. The number of amides is 1. The van der Waals surface area contributed by atoms with Crippen LogP contribution in [0.2, 0.25) is 0 Å². The largest absolute Gasteiger partial charge is 0.335 e. The number of thioether (sulfide) groups is 1. The Labute approximate surface area is 149 Å². The average Bonchev–Trinajstić information content (AvgIpc) is 3.06. The second-order valence-electron chi connectivity index (χ2n) is 6.17. The van der Waals surface area contributed by atoms with Crippen molar-refractivity contribution in [2.75, 3.05) is 12.8 Å². The van der Waals surface area contributed by atoms with E-state index < -0.39 is 0 Å². The molecule has 2 aliphatic rings. The van der Waals surface area contributed by atoms with Crippen LogP contribution in [0.5, 0.6) is 0 Å². The maximum Gasteiger partial charge on any atom is 0.235 e. The molecule has 2 aromatic carbocycles. The second kappa shape index (κ2) is 5.99. The van der Waals surface area contributed by atoms with Crippen molar-refractivity contribution in [2.24, 2.45) is 0 Å². The second-order valence-corrected chi connectivity index (χ2v) is 7.96. The van der Waals surface area contributed by atoms with Crippen molar-refractivity contribution in [1.29, 1.82) is 0 Å². The highest BCUT2D eigenvalue weighted by Crippen LogP contribution is 2.45. The molecular formula is C19H18BrNOS. The summed E-state index contributed by atoms with van der Waals surface area (Å²) >= 11 is 5.32. The smallest absolute Gasteiger partial charge is 0.235 e. The van der Waals surface area contributed by atoms with Crippen LogP contribution in [0, 0.1) is 0 Å². The molecule has 0 aliphatic carbocycles. The van der Waals surface area contributed by atoms with E-state index in [0.29, 0.717) is 0 Å². The van der Waals surface area contributed by atoms with Crippen molar-refractivity contribution in [3.05, 3.63) is 63.6 Å². The number of hydrogen-bond donors (Lipinski definition) is 0. The van der Waals surface area contributed by atoms with Gasteiger partial charge in [0, 0.05) is 15.9 Å². The Bertz CT molecular complexity index is 758. The highest BCUT2D eigenvalue weighted by atomic mass is 79.9. The first-order valence-electron chi connectivity index (χ1n) is 7.93. The highest BCUT2D eigenvalue weighted by Gasteiger charge is 2.42. The number of fused-ring (bicyclic) bond motifs is 3. The fourth-order valence-electron chi connectivity index (χ4n) is 3.87. The van der Waals surface area contributed by atoms with Gasteiger partial charge in [0.25, 0.3) is 0 Å². The maximum atomic E-state index is 13.1. The Kier molecular flexibility index (Phi) is 3.98. The molecule has 2 heterocycles. The number of halogens is 1. The van der Waals surface area contributed by atoms with E-state index >= 15 is 0 Å². The summed E-state index contributed by atoms with van der Waals surface area (Å²) in [5.74, 6) is 0.0996. The summed E-state index contributed by atoms with van der Waals surface area (Å²) in [4.78, 5) is 16.4. The number of benzene rings is 2. The van der Waals surface area contributed by atoms with Gasteiger partial charge in [0.15, 0.2) is 0 Å². The minimum absolute atomic E-state index is 0.164. The molecule has 4 rings (SSSR count). The van der Waals surface area contributed by atoms with E-state index in [2.05, 4.69) is 69.6 Å². The average molecular weight is 388 g/mol. The summed E-state index contributed by atoms with van der Waals surface area (Å²) in [7, 11) is 0. The molecular weight excluding hydrogens is 370 g/mol. The fourth-order valence-corrected chi connectivity index (χ4v) is 4.66. The van der Waals surface area contributed by atoms with E-state index in [1.807, 2.05) is 0 Å². The van der Waals surface area contributed by atoms with Gasteiger partial charge in [0.1, 0.15) is 0 Å². The minimum atomic E-state index is -0.164. The van der Waals surface area contributed by atoms with Crippen molar-refractivity contribution in [3.8, 4) is 0 Å². The fraction of sp³-hybridized carbons (Fsp3) is 0.316. The molecule has 118 valence electrons. The van der Waals surface area contributed by atoms with Crippen LogP contribution in [0.25, 0.3) is 0 Å². The van der Waals surface area contributed by atoms with Gasteiger partial charge in [-0.2, -0.15) is 0 Å². The molecule has 0 bridgehead atoms. The predicted molar refractivity (Wildman–Crippen MR) is 97.9 cm³/mol. The zero-order valence-electron chi connectivity index (χ0n) is 13.0. The Morgan fingerprint density at radius 2 is 1.91 bits per heavy atom. The van der Waals surface area contributed by atoms with E-state index in [-0.39, 0.29) is 17.9 Å². The van der Waals surface area contributed by atoms with Crippen LogP contribution >= 0.6 is 27.7 Å². The van der Waals surface area contributed by atoms with Crippen molar-refractivity contribution in [2.45, 2.75) is 29.7 Å².